The summed E-state index contributed by atoms with van der Waals surface area (Å²) in [4.78, 5) is 16.1. The molecule has 2 aliphatic heterocycles. The first-order valence-corrected chi connectivity index (χ1v) is 12.5. The number of aromatic nitrogens is 2. The van der Waals surface area contributed by atoms with E-state index in [1.807, 2.05) is 0 Å². The maximum Gasteiger partial charge on any atom is 0.228 e. The lowest BCUT2D eigenvalue weighted by Gasteiger charge is -2.38. The summed E-state index contributed by atoms with van der Waals surface area (Å²) < 4.78 is 5.15. The van der Waals surface area contributed by atoms with E-state index in [1.54, 1.807) is 0 Å². The van der Waals surface area contributed by atoms with E-state index in [2.05, 4.69) is 59.2 Å². The number of nitrogens with zero attached hydrogens (tertiary/aromatic N) is 5. The molecule has 2 aromatic carbocycles. The van der Waals surface area contributed by atoms with Crippen LogP contribution in [0.5, 0.6) is 0 Å². The first-order chi connectivity index (χ1) is 15.1. The second-order valence-electron chi connectivity index (χ2n) is 8.97. The average Bonchev–Trinajstić information content (AvgIpc) is 3.58. The summed E-state index contributed by atoms with van der Waals surface area (Å²) >= 11 is 0. The van der Waals surface area contributed by atoms with Gasteiger partial charge in [-0.1, -0.05) is 40.5 Å². The van der Waals surface area contributed by atoms with Crippen LogP contribution in [0.3, 0.4) is 0 Å². The molecule has 6 rings (SSSR count). The number of rotatable bonds is 3. The number of anilines is 2. The fraction of sp³-hybridized carbons (Fsp3) is 0.417. The van der Waals surface area contributed by atoms with Crippen LogP contribution in [0.1, 0.15) is 24.0 Å². The van der Waals surface area contributed by atoms with Crippen LogP contribution < -0.4 is 15.5 Å². The SMILES string of the molecule is Cc1ccc2nc(N3CCS(=NC4CC4)c4ccccc4C3)nc(N3CC(N)C3)c2c1. The molecule has 2 fully saturated rings. The normalized spacial score (nSPS) is 21.8. The molecular weight excluding hydrogens is 404 g/mol. The highest BCUT2D eigenvalue weighted by Crippen LogP contribution is 2.33. The van der Waals surface area contributed by atoms with Gasteiger partial charge in [0.1, 0.15) is 5.82 Å². The highest BCUT2D eigenvalue weighted by atomic mass is 32.2. The van der Waals surface area contributed by atoms with E-state index in [1.165, 1.54) is 28.9 Å². The minimum absolute atomic E-state index is 0.0378. The van der Waals surface area contributed by atoms with E-state index in [4.69, 9.17) is 20.1 Å². The highest BCUT2D eigenvalue weighted by Gasteiger charge is 2.29. The Hall–Kier alpha value is -2.51. The first kappa shape index (κ1) is 19.2. The summed E-state index contributed by atoms with van der Waals surface area (Å²) in [6.07, 6.45) is 2.51. The van der Waals surface area contributed by atoms with Gasteiger partial charge in [0, 0.05) is 48.3 Å². The molecule has 1 aromatic heterocycles. The van der Waals surface area contributed by atoms with Crippen LogP contribution in [-0.2, 0) is 17.2 Å². The molecule has 3 heterocycles. The Morgan fingerprint density at radius 1 is 1.06 bits per heavy atom. The first-order valence-electron chi connectivity index (χ1n) is 11.2. The van der Waals surface area contributed by atoms with Gasteiger partial charge in [0.2, 0.25) is 5.95 Å². The van der Waals surface area contributed by atoms with E-state index < -0.39 is 0 Å². The molecule has 1 atom stereocenters. The molecule has 1 saturated carbocycles. The standard InChI is InChI=1S/C24H28N6S/c1-16-6-9-21-20(12-16)23(30-14-18(25)15-30)27-24(26-21)29-10-11-31(28-19-7-8-19)22-5-3-2-4-17(22)13-29/h2-6,9,12,18-19H,7-8,10-11,13-15,25H2,1H3. The number of fused-ring (bicyclic) bond motifs is 2. The largest absolute Gasteiger partial charge is 0.353 e. The molecule has 1 aliphatic carbocycles. The molecule has 31 heavy (non-hydrogen) atoms. The van der Waals surface area contributed by atoms with Crippen molar-refractivity contribution in [3.05, 3.63) is 53.6 Å². The fourth-order valence-corrected chi connectivity index (χ4v) is 6.45. The van der Waals surface area contributed by atoms with Crippen molar-refractivity contribution in [2.45, 2.75) is 43.3 Å². The number of benzene rings is 2. The van der Waals surface area contributed by atoms with Gasteiger partial charge in [-0.3, -0.25) is 4.36 Å². The zero-order valence-electron chi connectivity index (χ0n) is 17.9. The lowest BCUT2D eigenvalue weighted by Crippen LogP contribution is -2.56. The van der Waals surface area contributed by atoms with Crippen LogP contribution in [0, 0.1) is 6.92 Å². The molecule has 3 aliphatic rings. The number of hydrogen-bond donors (Lipinski definition) is 1. The number of nitrogens with two attached hydrogens (primary N) is 1. The van der Waals surface area contributed by atoms with Crippen molar-refractivity contribution in [2.24, 2.45) is 10.1 Å². The lowest BCUT2D eigenvalue weighted by atomic mass is 10.1. The van der Waals surface area contributed by atoms with E-state index in [9.17, 15) is 0 Å². The van der Waals surface area contributed by atoms with E-state index in [-0.39, 0.29) is 16.7 Å². The highest BCUT2D eigenvalue weighted by molar-refractivity contribution is 7.87. The molecule has 7 heteroatoms. The zero-order valence-corrected chi connectivity index (χ0v) is 18.7. The molecule has 0 spiro atoms. The van der Waals surface area contributed by atoms with Gasteiger partial charge in [-0.2, -0.15) is 4.98 Å². The monoisotopic (exact) mass is 432 g/mol. The van der Waals surface area contributed by atoms with Gasteiger partial charge in [0.25, 0.3) is 0 Å². The molecular formula is C24H28N6S. The smallest absolute Gasteiger partial charge is 0.228 e. The molecule has 1 unspecified atom stereocenters. The Bertz CT molecular complexity index is 1180. The van der Waals surface area contributed by atoms with Gasteiger partial charge in [-0.25, -0.2) is 4.98 Å². The molecule has 0 bridgehead atoms. The van der Waals surface area contributed by atoms with Gasteiger partial charge < -0.3 is 15.5 Å². The van der Waals surface area contributed by atoms with Crippen molar-refractivity contribution >= 4 is 33.4 Å². The van der Waals surface area contributed by atoms with Crippen LogP contribution >= 0.6 is 0 Å². The van der Waals surface area contributed by atoms with Crippen molar-refractivity contribution in [3.63, 3.8) is 0 Å². The lowest BCUT2D eigenvalue weighted by molar-refractivity contribution is 0.515. The van der Waals surface area contributed by atoms with Crippen LogP contribution in [0.4, 0.5) is 11.8 Å². The van der Waals surface area contributed by atoms with Gasteiger partial charge >= 0.3 is 0 Å². The number of aryl methyl sites for hydroxylation is 1. The summed E-state index contributed by atoms with van der Waals surface area (Å²) in [6, 6.07) is 16.1. The summed E-state index contributed by atoms with van der Waals surface area (Å²) in [5.41, 5.74) is 9.68. The van der Waals surface area contributed by atoms with Gasteiger partial charge in [0.15, 0.2) is 0 Å². The molecule has 160 valence electrons. The summed E-state index contributed by atoms with van der Waals surface area (Å²) in [7, 11) is -0.0378. The molecule has 3 aromatic rings. The average molecular weight is 433 g/mol. The fourth-order valence-electron chi connectivity index (χ4n) is 4.38. The molecule has 6 nitrogen and oxygen atoms in total. The van der Waals surface area contributed by atoms with Gasteiger partial charge in [0.05, 0.1) is 11.6 Å². The minimum atomic E-state index is -0.0378. The predicted molar refractivity (Wildman–Crippen MR) is 128 cm³/mol. The van der Waals surface area contributed by atoms with Crippen molar-refractivity contribution in [3.8, 4) is 0 Å². The van der Waals surface area contributed by atoms with Crippen molar-refractivity contribution < 1.29 is 0 Å². The quantitative estimate of drug-likeness (QED) is 0.687. The van der Waals surface area contributed by atoms with Crippen LogP contribution in [0.2, 0.25) is 0 Å². The summed E-state index contributed by atoms with van der Waals surface area (Å²) in [5.74, 6) is 2.87. The second-order valence-corrected chi connectivity index (χ2v) is 10.8. The Morgan fingerprint density at radius 2 is 1.90 bits per heavy atom. The van der Waals surface area contributed by atoms with Crippen molar-refractivity contribution in [1.82, 2.24) is 9.97 Å². The van der Waals surface area contributed by atoms with E-state index in [0.29, 0.717) is 6.04 Å². The Kier molecular flexibility index (Phi) is 4.69. The van der Waals surface area contributed by atoms with Crippen molar-refractivity contribution in [2.75, 3.05) is 35.2 Å². The Balaban J connectivity index is 1.41. The third-order valence-corrected chi connectivity index (χ3v) is 8.30. The van der Waals surface area contributed by atoms with Crippen LogP contribution in [0.25, 0.3) is 10.9 Å². The topological polar surface area (TPSA) is 70.6 Å². The molecule has 1 saturated heterocycles. The third kappa shape index (κ3) is 3.70. The molecule has 2 N–H and O–H groups in total. The summed E-state index contributed by atoms with van der Waals surface area (Å²) in [5, 5.41) is 1.12. The molecule has 0 amide bonds. The number of hydrogen-bond acceptors (Lipinski definition) is 6. The Labute approximate surface area is 185 Å². The predicted octanol–water partition coefficient (Wildman–Crippen LogP) is 3.43. The minimum Gasteiger partial charge on any atom is -0.353 e. The zero-order chi connectivity index (χ0) is 20.9. The van der Waals surface area contributed by atoms with E-state index >= 15 is 0 Å². The maximum atomic E-state index is 6.09. The van der Waals surface area contributed by atoms with Crippen molar-refractivity contribution in [1.29, 1.82) is 0 Å². The second kappa shape index (κ2) is 7.57. The summed E-state index contributed by atoms with van der Waals surface area (Å²) in [6.45, 7) is 5.58. The third-order valence-electron chi connectivity index (χ3n) is 6.28. The maximum absolute atomic E-state index is 6.09. The van der Waals surface area contributed by atoms with E-state index in [0.717, 1.165) is 54.6 Å². The van der Waals surface area contributed by atoms with Gasteiger partial charge in [-0.05, 0) is 43.5 Å². The Morgan fingerprint density at radius 3 is 2.71 bits per heavy atom. The van der Waals surface area contributed by atoms with Crippen LogP contribution in [-0.4, -0.2) is 47.4 Å². The molecule has 0 radical (unpaired) electrons. The van der Waals surface area contributed by atoms with Crippen LogP contribution in [0.15, 0.2) is 51.7 Å². The van der Waals surface area contributed by atoms with Gasteiger partial charge in [-0.15, -0.1) is 0 Å².